The lowest BCUT2D eigenvalue weighted by atomic mass is 9.76. The molecule has 2 heteroatoms. The summed E-state index contributed by atoms with van der Waals surface area (Å²) in [5, 5.41) is 3.49. The molecule has 2 aromatic rings. The molecule has 1 heterocycles. The number of benzene rings is 1. The van der Waals surface area contributed by atoms with Gasteiger partial charge in [0.1, 0.15) is 0 Å². The van der Waals surface area contributed by atoms with Gasteiger partial charge >= 0.3 is 0 Å². The van der Waals surface area contributed by atoms with E-state index in [1.165, 1.54) is 41.5 Å². The number of nitrogens with one attached hydrogen (secondary N) is 1. The number of aryl methyl sites for hydroxylation is 1. The van der Waals surface area contributed by atoms with Crippen LogP contribution in [0.1, 0.15) is 53.5 Å². The zero-order valence-corrected chi connectivity index (χ0v) is 12.3. The van der Waals surface area contributed by atoms with Crippen LogP contribution in [0.3, 0.4) is 0 Å². The van der Waals surface area contributed by atoms with Crippen molar-refractivity contribution < 1.29 is 0 Å². The first kappa shape index (κ1) is 13.3. The van der Waals surface area contributed by atoms with Gasteiger partial charge in [-0.05, 0) is 61.1 Å². The van der Waals surface area contributed by atoms with Crippen LogP contribution in [0.15, 0.2) is 42.7 Å². The van der Waals surface area contributed by atoms with Gasteiger partial charge in [-0.15, -0.1) is 0 Å². The molecule has 1 aromatic carbocycles. The number of aromatic nitrogens is 1. The largest absolute Gasteiger partial charge is 0.309 e. The molecule has 1 aliphatic rings. The Morgan fingerprint density at radius 1 is 1.15 bits per heavy atom. The van der Waals surface area contributed by atoms with E-state index in [1.807, 2.05) is 19.4 Å². The highest BCUT2D eigenvalue weighted by atomic mass is 14.9. The molecule has 0 saturated heterocycles. The maximum atomic E-state index is 4.21. The van der Waals surface area contributed by atoms with Crippen molar-refractivity contribution in [2.75, 3.05) is 7.05 Å². The molecular formula is C18H22N2. The molecule has 1 N–H and O–H groups in total. The molecule has 104 valence electrons. The van der Waals surface area contributed by atoms with Gasteiger partial charge in [-0.1, -0.05) is 30.7 Å². The summed E-state index contributed by atoms with van der Waals surface area (Å²) in [6.45, 7) is 2.14. The first-order chi connectivity index (χ1) is 9.81. The highest BCUT2D eigenvalue weighted by molar-refractivity contribution is 5.41. The van der Waals surface area contributed by atoms with E-state index < -0.39 is 0 Å². The quantitative estimate of drug-likeness (QED) is 0.906. The van der Waals surface area contributed by atoms with Gasteiger partial charge in [0.25, 0.3) is 0 Å². The fourth-order valence-corrected chi connectivity index (χ4v) is 3.15. The standard InChI is InChI=1S/C18H22N2/c1-13-12-20-11-10-15(13)18(19-2)17-9-4-3-8-16(17)14-6-5-7-14/h3-4,8-12,14,18-19H,5-7H2,1-2H3. The molecule has 1 unspecified atom stereocenters. The van der Waals surface area contributed by atoms with E-state index in [9.17, 15) is 0 Å². The zero-order valence-electron chi connectivity index (χ0n) is 12.3. The highest BCUT2D eigenvalue weighted by Gasteiger charge is 2.25. The molecule has 0 bridgehead atoms. The Morgan fingerprint density at radius 3 is 2.60 bits per heavy atom. The fourth-order valence-electron chi connectivity index (χ4n) is 3.15. The van der Waals surface area contributed by atoms with E-state index in [0.717, 1.165) is 5.92 Å². The molecule has 1 saturated carbocycles. The fraction of sp³-hybridized carbons (Fsp3) is 0.389. The average Bonchev–Trinajstić information content (AvgIpc) is 2.41. The third-order valence-electron chi connectivity index (χ3n) is 4.52. The number of hydrogen-bond acceptors (Lipinski definition) is 2. The minimum absolute atomic E-state index is 0.259. The number of rotatable bonds is 4. The summed E-state index contributed by atoms with van der Waals surface area (Å²) >= 11 is 0. The van der Waals surface area contributed by atoms with Crippen molar-refractivity contribution in [2.45, 2.75) is 38.1 Å². The van der Waals surface area contributed by atoms with E-state index in [4.69, 9.17) is 0 Å². The van der Waals surface area contributed by atoms with Crippen molar-refractivity contribution in [1.29, 1.82) is 0 Å². The Hall–Kier alpha value is -1.67. The summed E-state index contributed by atoms with van der Waals surface area (Å²) in [6.07, 6.45) is 7.88. The molecule has 0 spiro atoms. The average molecular weight is 266 g/mol. The van der Waals surface area contributed by atoms with E-state index in [-0.39, 0.29) is 6.04 Å². The highest BCUT2D eigenvalue weighted by Crippen LogP contribution is 2.40. The van der Waals surface area contributed by atoms with Crippen LogP contribution in [-0.2, 0) is 0 Å². The molecule has 0 radical (unpaired) electrons. The summed E-state index contributed by atoms with van der Waals surface area (Å²) < 4.78 is 0. The van der Waals surface area contributed by atoms with Crippen LogP contribution in [0.4, 0.5) is 0 Å². The summed E-state index contributed by atoms with van der Waals surface area (Å²) in [5.41, 5.74) is 5.52. The maximum Gasteiger partial charge on any atom is 0.0580 e. The van der Waals surface area contributed by atoms with Crippen molar-refractivity contribution in [3.05, 3.63) is 65.0 Å². The molecule has 1 atom stereocenters. The SMILES string of the molecule is CNC(c1ccncc1C)c1ccccc1C1CCC1. The van der Waals surface area contributed by atoms with Crippen molar-refractivity contribution in [2.24, 2.45) is 0 Å². The predicted molar refractivity (Wildman–Crippen MR) is 82.9 cm³/mol. The molecule has 1 aliphatic carbocycles. The van der Waals surface area contributed by atoms with E-state index >= 15 is 0 Å². The Morgan fingerprint density at radius 2 is 1.95 bits per heavy atom. The predicted octanol–water partition coefficient (Wildman–Crippen LogP) is 3.97. The lowest BCUT2D eigenvalue weighted by Crippen LogP contribution is -2.22. The molecule has 1 aromatic heterocycles. The first-order valence-corrected chi connectivity index (χ1v) is 7.48. The van der Waals surface area contributed by atoms with Gasteiger partial charge in [0.15, 0.2) is 0 Å². The number of pyridine rings is 1. The number of nitrogens with zero attached hydrogens (tertiary/aromatic N) is 1. The monoisotopic (exact) mass is 266 g/mol. The Kier molecular flexibility index (Phi) is 3.83. The van der Waals surface area contributed by atoms with Crippen LogP contribution >= 0.6 is 0 Å². The lowest BCUT2D eigenvalue weighted by molar-refractivity contribution is 0.415. The van der Waals surface area contributed by atoms with E-state index in [0.29, 0.717) is 0 Å². The molecule has 2 nitrogen and oxygen atoms in total. The van der Waals surface area contributed by atoms with E-state index in [2.05, 4.69) is 47.6 Å². The smallest absolute Gasteiger partial charge is 0.0580 e. The summed E-state index contributed by atoms with van der Waals surface area (Å²) in [4.78, 5) is 4.21. The van der Waals surface area contributed by atoms with Gasteiger partial charge in [0, 0.05) is 12.4 Å². The summed E-state index contributed by atoms with van der Waals surface area (Å²) in [6, 6.07) is 11.3. The van der Waals surface area contributed by atoms with Crippen molar-refractivity contribution in [3.8, 4) is 0 Å². The van der Waals surface area contributed by atoms with Crippen molar-refractivity contribution in [1.82, 2.24) is 10.3 Å². The van der Waals surface area contributed by atoms with Crippen LogP contribution in [-0.4, -0.2) is 12.0 Å². The third kappa shape index (κ3) is 2.36. The lowest BCUT2D eigenvalue weighted by Gasteiger charge is -2.31. The Balaban J connectivity index is 2.03. The van der Waals surface area contributed by atoms with Gasteiger partial charge in [-0.3, -0.25) is 4.98 Å². The van der Waals surface area contributed by atoms with Crippen molar-refractivity contribution >= 4 is 0 Å². The maximum absolute atomic E-state index is 4.21. The van der Waals surface area contributed by atoms with Crippen LogP contribution in [0, 0.1) is 6.92 Å². The van der Waals surface area contributed by atoms with Crippen LogP contribution in [0.5, 0.6) is 0 Å². The van der Waals surface area contributed by atoms with Gasteiger partial charge in [0.2, 0.25) is 0 Å². The van der Waals surface area contributed by atoms with Crippen LogP contribution in [0.25, 0.3) is 0 Å². The minimum atomic E-state index is 0.259. The summed E-state index contributed by atoms with van der Waals surface area (Å²) in [7, 11) is 2.04. The number of hydrogen-bond donors (Lipinski definition) is 1. The van der Waals surface area contributed by atoms with Gasteiger partial charge in [-0.2, -0.15) is 0 Å². The van der Waals surface area contributed by atoms with Crippen molar-refractivity contribution in [3.63, 3.8) is 0 Å². The van der Waals surface area contributed by atoms with Gasteiger partial charge in [0.05, 0.1) is 6.04 Å². The first-order valence-electron chi connectivity index (χ1n) is 7.48. The normalized spacial score (nSPS) is 16.7. The second-order valence-electron chi connectivity index (χ2n) is 5.71. The molecule has 3 rings (SSSR count). The second kappa shape index (κ2) is 5.76. The molecule has 0 aliphatic heterocycles. The minimum Gasteiger partial charge on any atom is -0.309 e. The van der Waals surface area contributed by atoms with E-state index in [1.54, 1.807) is 0 Å². The second-order valence-corrected chi connectivity index (χ2v) is 5.71. The molecule has 0 amide bonds. The van der Waals surface area contributed by atoms with Crippen LogP contribution in [0.2, 0.25) is 0 Å². The van der Waals surface area contributed by atoms with Crippen LogP contribution < -0.4 is 5.32 Å². The zero-order chi connectivity index (χ0) is 13.9. The third-order valence-corrected chi connectivity index (χ3v) is 4.52. The molecule has 20 heavy (non-hydrogen) atoms. The van der Waals surface area contributed by atoms with Gasteiger partial charge in [-0.25, -0.2) is 0 Å². The Labute approximate surface area is 121 Å². The molecular weight excluding hydrogens is 244 g/mol. The Bertz CT molecular complexity index is 587. The molecule has 1 fully saturated rings. The topological polar surface area (TPSA) is 24.9 Å². The van der Waals surface area contributed by atoms with Gasteiger partial charge < -0.3 is 5.32 Å². The summed E-state index contributed by atoms with van der Waals surface area (Å²) in [5.74, 6) is 0.754.